The molecule has 1 aliphatic carbocycles. The van der Waals surface area contributed by atoms with Crippen molar-refractivity contribution in [1.82, 2.24) is 4.90 Å². The second kappa shape index (κ2) is 7.22. The zero-order valence-corrected chi connectivity index (χ0v) is 12.6. The Hall–Kier alpha value is -0.650. The molecule has 0 aromatic heterocycles. The Balaban J connectivity index is 2.61. The number of nitrogens with zero attached hydrogens (tertiary/aromatic N) is 1. The molecule has 0 aliphatic heterocycles. The van der Waals surface area contributed by atoms with Gasteiger partial charge in [-0.2, -0.15) is 0 Å². The number of esters is 1. The van der Waals surface area contributed by atoms with Crippen LogP contribution in [0.15, 0.2) is 0 Å². The number of carbonyl (C=O) groups is 1. The third kappa shape index (κ3) is 5.09. The van der Waals surface area contributed by atoms with E-state index in [0.717, 1.165) is 12.5 Å². The van der Waals surface area contributed by atoms with E-state index in [1.165, 1.54) is 12.8 Å². The quantitative estimate of drug-likeness (QED) is 0.635. The Morgan fingerprint density at radius 3 is 2.63 bits per heavy atom. The lowest BCUT2D eigenvalue weighted by Crippen LogP contribution is -2.57. The SMILES string of the molecule is CCOC(=O)C(C)(N)CN(CCOC)C(C)C1CC1. The smallest absolute Gasteiger partial charge is 0.327 e. The van der Waals surface area contributed by atoms with Crippen LogP contribution in [0.1, 0.15) is 33.6 Å². The van der Waals surface area contributed by atoms with Crippen LogP contribution in [0.4, 0.5) is 0 Å². The van der Waals surface area contributed by atoms with Crippen molar-refractivity contribution < 1.29 is 14.3 Å². The highest BCUT2D eigenvalue weighted by atomic mass is 16.5. The Morgan fingerprint density at radius 1 is 1.53 bits per heavy atom. The minimum atomic E-state index is -0.965. The molecule has 0 amide bonds. The molecule has 5 nitrogen and oxygen atoms in total. The molecule has 1 saturated carbocycles. The predicted molar refractivity (Wildman–Crippen MR) is 74.9 cm³/mol. The Morgan fingerprint density at radius 2 is 2.16 bits per heavy atom. The van der Waals surface area contributed by atoms with Gasteiger partial charge in [-0.3, -0.25) is 9.69 Å². The van der Waals surface area contributed by atoms with Crippen LogP contribution < -0.4 is 5.73 Å². The number of rotatable bonds is 9. The predicted octanol–water partition coefficient (Wildman–Crippen LogP) is 1.01. The molecule has 112 valence electrons. The van der Waals surface area contributed by atoms with Crippen LogP contribution >= 0.6 is 0 Å². The minimum absolute atomic E-state index is 0.333. The summed E-state index contributed by atoms with van der Waals surface area (Å²) in [4.78, 5) is 14.1. The number of nitrogens with two attached hydrogens (primary N) is 1. The molecule has 0 heterocycles. The largest absolute Gasteiger partial charge is 0.465 e. The summed E-state index contributed by atoms with van der Waals surface area (Å²) in [7, 11) is 1.69. The first kappa shape index (κ1) is 16.4. The van der Waals surface area contributed by atoms with E-state index in [4.69, 9.17) is 15.2 Å². The van der Waals surface area contributed by atoms with Crippen LogP contribution in [0, 0.1) is 5.92 Å². The molecule has 1 aliphatic rings. The Labute approximate surface area is 116 Å². The van der Waals surface area contributed by atoms with Gasteiger partial charge in [-0.25, -0.2) is 0 Å². The van der Waals surface area contributed by atoms with E-state index in [1.807, 2.05) is 0 Å². The molecule has 0 bridgehead atoms. The lowest BCUT2D eigenvalue weighted by molar-refractivity contribution is -0.150. The van der Waals surface area contributed by atoms with Crippen molar-refractivity contribution in [2.75, 3.05) is 33.4 Å². The first-order valence-electron chi connectivity index (χ1n) is 7.11. The average Bonchev–Trinajstić information content (AvgIpc) is 3.18. The average molecular weight is 272 g/mol. The van der Waals surface area contributed by atoms with Gasteiger partial charge in [-0.05, 0) is 39.5 Å². The molecule has 19 heavy (non-hydrogen) atoms. The zero-order chi connectivity index (χ0) is 14.5. The van der Waals surface area contributed by atoms with Gasteiger partial charge in [0.2, 0.25) is 0 Å². The van der Waals surface area contributed by atoms with E-state index >= 15 is 0 Å². The molecule has 2 unspecified atom stereocenters. The van der Waals surface area contributed by atoms with Crippen molar-refractivity contribution in [1.29, 1.82) is 0 Å². The van der Waals surface area contributed by atoms with Gasteiger partial charge < -0.3 is 15.2 Å². The second-order valence-electron chi connectivity index (χ2n) is 5.68. The highest BCUT2D eigenvalue weighted by molar-refractivity contribution is 5.80. The maximum absolute atomic E-state index is 11.9. The maximum Gasteiger partial charge on any atom is 0.327 e. The number of hydrogen-bond acceptors (Lipinski definition) is 5. The van der Waals surface area contributed by atoms with Crippen molar-refractivity contribution in [2.24, 2.45) is 11.7 Å². The lowest BCUT2D eigenvalue weighted by Gasteiger charge is -2.35. The Kier molecular flexibility index (Phi) is 6.23. The fraction of sp³-hybridized carbons (Fsp3) is 0.929. The van der Waals surface area contributed by atoms with Gasteiger partial charge >= 0.3 is 5.97 Å². The van der Waals surface area contributed by atoms with Crippen LogP contribution in [0.2, 0.25) is 0 Å². The summed E-state index contributed by atoms with van der Waals surface area (Å²) in [6.45, 7) is 8.05. The van der Waals surface area contributed by atoms with E-state index in [0.29, 0.717) is 25.8 Å². The van der Waals surface area contributed by atoms with Crippen molar-refractivity contribution in [3.05, 3.63) is 0 Å². The monoisotopic (exact) mass is 272 g/mol. The summed E-state index contributed by atoms with van der Waals surface area (Å²) in [5.41, 5.74) is 5.15. The lowest BCUT2D eigenvalue weighted by atomic mass is 10.0. The van der Waals surface area contributed by atoms with Gasteiger partial charge in [0.1, 0.15) is 5.54 Å². The Bertz CT molecular complexity index is 290. The maximum atomic E-state index is 11.9. The van der Waals surface area contributed by atoms with Gasteiger partial charge in [0.05, 0.1) is 13.2 Å². The van der Waals surface area contributed by atoms with Crippen molar-refractivity contribution in [2.45, 2.75) is 45.2 Å². The van der Waals surface area contributed by atoms with Crippen LogP contribution in [0.25, 0.3) is 0 Å². The van der Waals surface area contributed by atoms with Gasteiger partial charge in [0.25, 0.3) is 0 Å². The van der Waals surface area contributed by atoms with Gasteiger partial charge in [-0.15, -0.1) is 0 Å². The summed E-state index contributed by atoms with van der Waals surface area (Å²) in [5, 5.41) is 0. The van der Waals surface area contributed by atoms with Gasteiger partial charge in [0, 0.05) is 26.2 Å². The molecule has 0 aromatic rings. The third-order valence-electron chi connectivity index (χ3n) is 3.74. The normalized spacial score (nSPS) is 20.1. The topological polar surface area (TPSA) is 64.8 Å². The van der Waals surface area contributed by atoms with Gasteiger partial charge in [0.15, 0.2) is 0 Å². The van der Waals surface area contributed by atoms with E-state index < -0.39 is 5.54 Å². The summed E-state index contributed by atoms with van der Waals surface area (Å²) in [6.07, 6.45) is 2.54. The number of carbonyl (C=O) groups excluding carboxylic acids is 1. The van der Waals surface area contributed by atoms with E-state index in [-0.39, 0.29) is 5.97 Å². The molecule has 0 aromatic carbocycles. The molecule has 1 fully saturated rings. The highest BCUT2D eigenvalue weighted by Crippen LogP contribution is 2.35. The summed E-state index contributed by atoms with van der Waals surface area (Å²) in [5.74, 6) is 0.398. The van der Waals surface area contributed by atoms with Crippen molar-refractivity contribution >= 4 is 5.97 Å². The molecule has 0 saturated heterocycles. The van der Waals surface area contributed by atoms with Crippen molar-refractivity contribution in [3.63, 3.8) is 0 Å². The third-order valence-corrected chi connectivity index (χ3v) is 3.74. The standard InChI is InChI=1S/C14H28N2O3/c1-5-19-13(17)14(3,15)10-16(8-9-18-4)11(2)12-6-7-12/h11-12H,5-10,15H2,1-4H3. The van der Waals surface area contributed by atoms with Crippen LogP contribution in [0.3, 0.4) is 0 Å². The van der Waals surface area contributed by atoms with Gasteiger partial charge in [-0.1, -0.05) is 0 Å². The number of methoxy groups -OCH3 is 1. The summed E-state index contributed by atoms with van der Waals surface area (Å²) in [6, 6.07) is 0.437. The van der Waals surface area contributed by atoms with Crippen molar-refractivity contribution in [3.8, 4) is 0 Å². The molecule has 0 radical (unpaired) electrons. The van der Waals surface area contributed by atoms with E-state index in [1.54, 1.807) is 21.0 Å². The molecular weight excluding hydrogens is 244 g/mol. The first-order chi connectivity index (χ1) is 8.92. The fourth-order valence-electron chi connectivity index (χ4n) is 2.29. The molecular formula is C14H28N2O3. The zero-order valence-electron chi connectivity index (χ0n) is 12.6. The molecule has 0 spiro atoms. The molecule has 2 N–H and O–H groups in total. The van der Waals surface area contributed by atoms with E-state index in [9.17, 15) is 4.79 Å². The molecule has 2 atom stereocenters. The molecule has 5 heteroatoms. The first-order valence-corrected chi connectivity index (χ1v) is 7.11. The van der Waals surface area contributed by atoms with Crippen LogP contribution in [0.5, 0.6) is 0 Å². The van der Waals surface area contributed by atoms with Crippen LogP contribution in [-0.2, 0) is 14.3 Å². The number of ether oxygens (including phenoxy) is 2. The highest BCUT2D eigenvalue weighted by Gasteiger charge is 2.37. The van der Waals surface area contributed by atoms with Crippen LogP contribution in [-0.4, -0.2) is 55.9 Å². The summed E-state index contributed by atoms with van der Waals surface area (Å²) < 4.78 is 10.2. The minimum Gasteiger partial charge on any atom is -0.465 e. The fourth-order valence-corrected chi connectivity index (χ4v) is 2.29. The second-order valence-corrected chi connectivity index (χ2v) is 5.68. The summed E-state index contributed by atoms with van der Waals surface area (Å²) >= 11 is 0. The van der Waals surface area contributed by atoms with E-state index in [2.05, 4.69) is 11.8 Å². The number of hydrogen-bond donors (Lipinski definition) is 1. The molecule has 1 rings (SSSR count).